The first-order chi connectivity index (χ1) is 4.79. The first-order valence-electron chi connectivity index (χ1n) is 3.51. The van der Waals surface area contributed by atoms with Gasteiger partial charge >= 0.3 is 0 Å². The lowest BCUT2D eigenvalue weighted by Gasteiger charge is -2.08. The maximum atomic E-state index is 3.88. The van der Waals surface area contributed by atoms with Crippen molar-refractivity contribution in [2.45, 2.75) is 20.3 Å². The highest BCUT2D eigenvalue weighted by molar-refractivity contribution is 5.54. The summed E-state index contributed by atoms with van der Waals surface area (Å²) in [5.74, 6) is 3.38. The Kier molecular flexibility index (Phi) is 2.30. The van der Waals surface area contributed by atoms with Crippen molar-refractivity contribution < 1.29 is 0 Å². The molecule has 1 rings (SSSR count). The van der Waals surface area contributed by atoms with Crippen molar-refractivity contribution in [2.75, 3.05) is 0 Å². The minimum Gasteiger partial charge on any atom is -0.356 e. The number of hydrogen-bond donors (Lipinski definition) is 1. The van der Waals surface area contributed by atoms with E-state index in [-0.39, 0.29) is 0 Å². The topological polar surface area (TPSA) is 24.4 Å². The van der Waals surface area contributed by atoms with Gasteiger partial charge in [-0.15, -0.1) is 0 Å². The lowest BCUT2D eigenvalue weighted by Crippen LogP contribution is -2.09. The Morgan fingerprint density at radius 1 is 1.70 bits per heavy atom. The van der Waals surface area contributed by atoms with Gasteiger partial charge < -0.3 is 5.32 Å². The van der Waals surface area contributed by atoms with Crippen molar-refractivity contribution >= 4 is 5.87 Å². The van der Waals surface area contributed by atoms with Crippen LogP contribution in [0, 0.1) is 5.92 Å². The van der Waals surface area contributed by atoms with Crippen molar-refractivity contribution in [1.29, 1.82) is 0 Å². The molecule has 2 nitrogen and oxygen atoms in total. The summed E-state index contributed by atoms with van der Waals surface area (Å²) in [7, 11) is 0. The molecule has 2 heteroatoms. The Bertz CT molecular complexity index is 195. The Morgan fingerprint density at radius 3 is 3.00 bits per heavy atom. The molecule has 0 amide bonds. The third-order valence-corrected chi connectivity index (χ3v) is 1.25. The smallest absolute Gasteiger partial charge is 0.0638 e. The zero-order valence-corrected chi connectivity index (χ0v) is 6.39. The first kappa shape index (κ1) is 7.10. The van der Waals surface area contributed by atoms with Crippen LogP contribution in [-0.2, 0) is 0 Å². The monoisotopic (exact) mass is 136 g/mol. The third-order valence-electron chi connectivity index (χ3n) is 1.25. The summed E-state index contributed by atoms with van der Waals surface area (Å²) in [4.78, 5) is 3.88. The van der Waals surface area contributed by atoms with Crippen LogP contribution in [0.1, 0.15) is 20.3 Å². The highest BCUT2D eigenvalue weighted by Gasteiger charge is 1.99. The number of nitrogens with one attached hydrogen (secondary N) is 1. The van der Waals surface area contributed by atoms with Gasteiger partial charge in [0, 0.05) is 11.6 Å². The van der Waals surface area contributed by atoms with E-state index in [1.807, 2.05) is 6.20 Å². The SMILES string of the molecule is CC(C)CC1=CN=C=CN1. The molecule has 54 valence electrons. The van der Waals surface area contributed by atoms with Crippen LogP contribution in [0.25, 0.3) is 0 Å². The van der Waals surface area contributed by atoms with Crippen molar-refractivity contribution in [3.05, 3.63) is 18.1 Å². The van der Waals surface area contributed by atoms with Gasteiger partial charge in [0.15, 0.2) is 0 Å². The second-order valence-electron chi connectivity index (χ2n) is 2.80. The Balaban J connectivity index is 2.45. The molecular weight excluding hydrogens is 124 g/mol. The molecule has 0 aromatic rings. The largest absolute Gasteiger partial charge is 0.356 e. The van der Waals surface area contributed by atoms with E-state index in [1.165, 1.54) is 5.70 Å². The van der Waals surface area contributed by atoms with Gasteiger partial charge in [-0.3, -0.25) is 0 Å². The van der Waals surface area contributed by atoms with Crippen molar-refractivity contribution in [3.8, 4) is 0 Å². The summed E-state index contributed by atoms with van der Waals surface area (Å²) < 4.78 is 0. The zero-order chi connectivity index (χ0) is 7.40. The molecule has 1 heterocycles. The molecule has 1 N–H and O–H groups in total. The average molecular weight is 136 g/mol. The van der Waals surface area contributed by atoms with Gasteiger partial charge in [0.1, 0.15) is 0 Å². The maximum Gasteiger partial charge on any atom is 0.0638 e. The number of rotatable bonds is 2. The number of aliphatic imine (C=N–C) groups is 1. The third kappa shape index (κ3) is 2.08. The van der Waals surface area contributed by atoms with E-state index in [2.05, 4.69) is 30.0 Å². The second-order valence-corrected chi connectivity index (χ2v) is 2.80. The van der Waals surface area contributed by atoms with Gasteiger partial charge in [-0.25, -0.2) is 4.99 Å². The lowest BCUT2D eigenvalue weighted by molar-refractivity contribution is 0.622. The zero-order valence-electron chi connectivity index (χ0n) is 6.39. The molecule has 0 aromatic heterocycles. The molecule has 0 saturated heterocycles. The van der Waals surface area contributed by atoms with Crippen LogP contribution >= 0.6 is 0 Å². The molecule has 1 aliphatic rings. The van der Waals surface area contributed by atoms with E-state index in [0.717, 1.165) is 6.42 Å². The van der Waals surface area contributed by atoms with Crippen LogP contribution < -0.4 is 5.32 Å². The first-order valence-corrected chi connectivity index (χ1v) is 3.51. The molecule has 0 unspecified atom stereocenters. The molecule has 0 saturated carbocycles. The van der Waals surface area contributed by atoms with Gasteiger partial charge in [0.2, 0.25) is 0 Å². The van der Waals surface area contributed by atoms with E-state index in [4.69, 9.17) is 0 Å². The van der Waals surface area contributed by atoms with E-state index in [1.54, 1.807) is 6.20 Å². The molecule has 1 aliphatic heterocycles. The summed E-state index contributed by atoms with van der Waals surface area (Å²) in [5.41, 5.74) is 1.17. The summed E-state index contributed by atoms with van der Waals surface area (Å²) >= 11 is 0. The fraction of sp³-hybridized carbons (Fsp3) is 0.500. The van der Waals surface area contributed by atoms with Crippen LogP contribution in [-0.4, -0.2) is 5.87 Å². The van der Waals surface area contributed by atoms with Crippen LogP contribution in [0.2, 0.25) is 0 Å². The molecule has 0 atom stereocenters. The number of nitrogens with zero attached hydrogens (tertiary/aromatic N) is 1. The Labute approximate surface area is 61.4 Å². The predicted octanol–water partition coefficient (Wildman–Crippen LogP) is 1.66. The van der Waals surface area contributed by atoms with Crippen LogP contribution in [0.3, 0.4) is 0 Å². The summed E-state index contributed by atoms with van der Waals surface area (Å²) in [6, 6.07) is 0. The Morgan fingerprint density at radius 2 is 2.50 bits per heavy atom. The molecule has 0 fully saturated rings. The summed E-state index contributed by atoms with van der Waals surface area (Å²) in [5, 5.41) is 3.08. The number of hydrogen-bond acceptors (Lipinski definition) is 2. The van der Waals surface area contributed by atoms with Gasteiger partial charge in [0.25, 0.3) is 0 Å². The highest BCUT2D eigenvalue weighted by atomic mass is 14.9. The van der Waals surface area contributed by atoms with Crippen molar-refractivity contribution in [3.63, 3.8) is 0 Å². The quantitative estimate of drug-likeness (QED) is 0.613. The normalized spacial score (nSPS) is 15.3. The predicted molar refractivity (Wildman–Crippen MR) is 42.7 cm³/mol. The molecule has 0 aromatic carbocycles. The van der Waals surface area contributed by atoms with E-state index in [0.29, 0.717) is 5.92 Å². The number of allylic oxidation sites excluding steroid dienone is 1. The van der Waals surface area contributed by atoms with Gasteiger partial charge in [0.05, 0.1) is 12.4 Å². The minimum absolute atomic E-state index is 0.681. The average Bonchev–Trinajstić information content (AvgIpc) is 1.88. The van der Waals surface area contributed by atoms with Gasteiger partial charge in [-0.05, 0) is 12.3 Å². The Hall–Kier alpha value is -1.01. The van der Waals surface area contributed by atoms with Crippen LogP contribution in [0.4, 0.5) is 0 Å². The summed E-state index contributed by atoms with van der Waals surface area (Å²) in [6.45, 7) is 4.37. The molecule has 0 aliphatic carbocycles. The molecule has 0 spiro atoms. The second kappa shape index (κ2) is 3.23. The highest BCUT2D eigenvalue weighted by Crippen LogP contribution is 2.08. The molecular formula is C8H12N2. The minimum atomic E-state index is 0.681. The molecule has 10 heavy (non-hydrogen) atoms. The molecule has 0 radical (unpaired) electrons. The standard InChI is InChI=1S/C8H12N2/c1-7(2)5-8-6-9-3-4-10-8/h4,6-7,10H,5H2,1-2H3. The van der Waals surface area contributed by atoms with E-state index >= 15 is 0 Å². The lowest BCUT2D eigenvalue weighted by atomic mass is 10.1. The van der Waals surface area contributed by atoms with Gasteiger partial charge in [-0.2, -0.15) is 0 Å². The van der Waals surface area contributed by atoms with Crippen molar-refractivity contribution in [1.82, 2.24) is 5.32 Å². The maximum absolute atomic E-state index is 3.88. The van der Waals surface area contributed by atoms with E-state index in [9.17, 15) is 0 Å². The van der Waals surface area contributed by atoms with Crippen LogP contribution in [0.5, 0.6) is 0 Å². The van der Waals surface area contributed by atoms with Crippen LogP contribution in [0.15, 0.2) is 23.1 Å². The van der Waals surface area contributed by atoms with Gasteiger partial charge in [-0.1, -0.05) is 13.8 Å². The molecule has 0 bridgehead atoms. The fourth-order valence-electron chi connectivity index (χ4n) is 0.866. The van der Waals surface area contributed by atoms with E-state index < -0.39 is 0 Å². The van der Waals surface area contributed by atoms with Crippen molar-refractivity contribution in [2.24, 2.45) is 10.9 Å². The summed E-state index contributed by atoms with van der Waals surface area (Å²) in [6.07, 6.45) is 4.61. The fourth-order valence-corrected chi connectivity index (χ4v) is 0.866.